The van der Waals surface area contributed by atoms with Crippen molar-refractivity contribution in [1.82, 2.24) is 0 Å². The Bertz CT molecular complexity index is 450. The second-order valence-electron chi connectivity index (χ2n) is 4.56. The van der Waals surface area contributed by atoms with Gasteiger partial charge in [0.15, 0.2) is 0 Å². The molecule has 1 rings (SSSR count). The average Bonchev–Trinajstić information content (AvgIpc) is 2.32. The summed E-state index contributed by atoms with van der Waals surface area (Å²) in [6.45, 7) is 8.03. The lowest BCUT2D eigenvalue weighted by Gasteiger charge is -2.27. The minimum Gasteiger partial charge on any atom is -0.231 e. The van der Waals surface area contributed by atoms with Crippen LogP contribution in [0.5, 0.6) is 0 Å². The lowest BCUT2D eigenvalue weighted by Crippen LogP contribution is -2.41. The normalized spacial score (nSPS) is 12.7. The maximum absolute atomic E-state index is 12.7. The van der Waals surface area contributed by atoms with E-state index in [2.05, 4.69) is 0 Å². The van der Waals surface area contributed by atoms with Crippen LogP contribution in [0, 0.1) is 6.92 Å². The first-order valence-corrected chi connectivity index (χ1v) is 11.1. The van der Waals surface area contributed by atoms with Crippen molar-refractivity contribution in [2.45, 2.75) is 50.7 Å². The third-order valence-electron chi connectivity index (χ3n) is 3.83. The summed E-state index contributed by atoms with van der Waals surface area (Å²) >= 11 is 0. The summed E-state index contributed by atoms with van der Waals surface area (Å²) in [6, 6.07) is 9.68. The molecule has 0 aromatic heterocycles. The van der Waals surface area contributed by atoms with Gasteiger partial charge in [-0.3, -0.25) is 0 Å². The van der Waals surface area contributed by atoms with Crippen molar-refractivity contribution in [2.75, 3.05) is 0 Å². The third-order valence-corrected chi connectivity index (χ3v) is 16.5. The van der Waals surface area contributed by atoms with E-state index < -0.39 is 16.5 Å². The summed E-state index contributed by atoms with van der Waals surface area (Å²) in [5, 5.41) is 0. The van der Waals surface area contributed by atoms with Crippen molar-refractivity contribution in [3.05, 3.63) is 29.8 Å². The average molecular weight is 270 g/mol. The predicted octanol–water partition coefficient (Wildman–Crippen LogP) is 3.77. The van der Waals surface area contributed by atoms with E-state index in [-0.39, 0.29) is 0 Å². The first-order valence-electron chi connectivity index (χ1n) is 6.24. The van der Waals surface area contributed by atoms with Crippen molar-refractivity contribution in [3.63, 3.8) is 0 Å². The van der Waals surface area contributed by atoms with Crippen molar-refractivity contribution >= 4 is 16.5 Å². The fourth-order valence-electron chi connectivity index (χ4n) is 2.29. The number of benzene rings is 1. The zero-order chi connectivity index (χ0) is 13.1. The molecule has 0 amide bonds. The van der Waals surface area contributed by atoms with Crippen LogP contribution in [0.3, 0.4) is 0 Å². The summed E-state index contributed by atoms with van der Waals surface area (Å²) in [6.07, 6.45) is 0. The summed E-state index contributed by atoms with van der Waals surface area (Å²) in [4.78, 5) is 0.514. The van der Waals surface area contributed by atoms with Crippen LogP contribution in [-0.2, 0) is 9.29 Å². The number of aryl methyl sites for hydroxylation is 1. The van der Waals surface area contributed by atoms with Crippen LogP contribution in [0.4, 0.5) is 0 Å². The van der Waals surface area contributed by atoms with Crippen molar-refractivity contribution < 1.29 is 8.42 Å². The predicted molar refractivity (Wildman–Crippen MR) is 75.6 cm³/mol. The second-order valence-corrected chi connectivity index (χ2v) is 14.7. The molecular weight excluding hydrogens is 248 g/mol. The van der Waals surface area contributed by atoms with Gasteiger partial charge in [0, 0.05) is 0 Å². The highest BCUT2D eigenvalue weighted by Gasteiger charge is 2.42. The van der Waals surface area contributed by atoms with Crippen molar-refractivity contribution in [2.24, 2.45) is 0 Å². The second kappa shape index (κ2) is 5.36. The van der Waals surface area contributed by atoms with Crippen LogP contribution in [0.2, 0.25) is 18.1 Å². The Morgan fingerprint density at radius 1 is 0.941 bits per heavy atom. The molecule has 0 aliphatic carbocycles. The Hall–Kier alpha value is -0.613. The number of hydrogen-bond acceptors (Lipinski definition) is 2. The highest BCUT2D eigenvalue weighted by molar-refractivity contribution is 8.22. The van der Waals surface area contributed by atoms with Gasteiger partial charge in [-0.2, -0.15) is 0 Å². The van der Waals surface area contributed by atoms with E-state index in [9.17, 15) is 8.42 Å². The summed E-state index contributed by atoms with van der Waals surface area (Å²) in [7, 11) is -5.32. The molecule has 0 fully saturated rings. The van der Waals surface area contributed by atoms with Crippen molar-refractivity contribution in [3.8, 4) is 0 Å². The molecule has 0 N–H and O–H groups in total. The molecule has 4 heteroatoms. The van der Waals surface area contributed by atoms with E-state index in [4.69, 9.17) is 0 Å². The van der Waals surface area contributed by atoms with Gasteiger partial charge in [0.1, 0.15) is 9.29 Å². The van der Waals surface area contributed by atoms with Gasteiger partial charge in [0.05, 0.1) is 4.90 Å². The minimum absolute atomic E-state index is 0.514. The molecular formula is C13H22O2SSi. The molecule has 2 nitrogen and oxygen atoms in total. The topological polar surface area (TPSA) is 34.1 Å². The molecule has 96 valence electrons. The zero-order valence-electron chi connectivity index (χ0n) is 11.2. The molecule has 0 aliphatic heterocycles. The molecule has 1 aromatic carbocycles. The molecule has 0 heterocycles. The Morgan fingerprint density at radius 3 is 1.71 bits per heavy atom. The van der Waals surface area contributed by atoms with Gasteiger partial charge in [-0.25, -0.2) is 8.42 Å². The summed E-state index contributed by atoms with van der Waals surface area (Å²) in [5.74, 6) is 0. The van der Waals surface area contributed by atoms with Gasteiger partial charge in [-0.05, 0) is 37.2 Å². The van der Waals surface area contributed by atoms with E-state index in [1.165, 1.54) is 0 Å². The van der Waals surface area contributed by atoms with Crippen LogP contribution in [0.1, 0.15) is 26.3 Å². The van der Waals surface area contributed by atoms with Gasteiger partial charge < -0.3 is 0 Å². The van der Waals surface area contributed by atoms with E-state index in [1.807, 2.05) is 39.8 Å². The van der Waals surface area contributed by atoms with Gasteiger partial charge in [0.25, 0.3) is 0 Å². The van der Waals surface area contributed by atoms with Crippen LogP contribution in [0.15, 0.2) is 29.2 Å². The van der Waals surface area contributed by atoms with Crippen LogP contribution in [0.25, 0.3) is 0 Å². The number of hydrogen-bond donors (Lipinski definition) is 0. The molecule has 0 bridgehead atoms. The van der Waals surface area contributed by atoms with E-state index in [1.54, 1.807) is 12.1 Å². The Morgan fingerprint density at radius 2 is 1.35 bits per heavy atom. The Balaban J connectivity index is 3.31. The maximum atomic E-state index is 12.7. The van der Waals surface area contributed by atoms with Gasteiger partial charge in [0.2, 0.25) is 7.22 Å². The van der Waals surface area contributed by atoms with Gasteiger partial charge >= 0.3 is 0 Å². The van der Waals surface area contributed by atoms with E-state index in [0.29, 0.717) is 4.90 Å². The number of rotatable bonds is 5. The smallest absolute Gasteiger partial charge is 0.201 e. The molecule has 0 radical (unpaired) electrons. The maximum Gasteiger partial charge on any atom is 0.201 e. The fourth-order valence-corrected chi connectivity index (χ4v) is 11.3. The van der Waals surface area contributed by atoms with E-state index in [0.717, 1.165) is 23.7 Å². The molecule has 0 aliphatic rings. The fraction of sp³-hybridized carbons (Fsp3) is 0.538. The lowest BCUT2D eigenvalue weighted by atomic mass is 10.2. The Kier molecular flexibility index (Phi) is 4.55. The summed E-state index contributed by atoms with van der Waals surface area (Å²) in [5.41, 5.74) is 1.10. The molecule has 0 saturated heterocycles. The van der Waals surface area contributed by atoms with E-state index >= 15 is 0 Å². The Labute approximate surface area is 106 Å². The molecule has 17 heavy (non-hydrogen) atoms. The highest BCUT2D eigenvalue weighted by Crippen LogP contribution is 2.32. The first kappa shape index (κ1) is 14.4. The quantitative estimate of drug-likeness (QED) is 0.763. The third kappa shape index (κ3) is 2.47. The van der Waals surface area contributed by atoms with Crippen LogP contribution < -0.4 is 0 Å². The molecule has 0 saturated carbocycles. The van der Waals surface area contributed by atoms with Crippen LogP contribution in [-0.4, -0.2) is 15.6 Å². The largest absolute Gasteiger partial charge is 0.231 e. The van der Waals surface area contributed by atoms with Gasteiger partial charge in [-0.1, -0.05) is 38.5 Å². The molecule has 0 spiro atoms. The van der Waals surface area contributed by atoms with Crippen molar-refractivity contribution in [1.29, 1.82) is 0 Å². The molecule has 0 atom stereocenters. The van der Waals surface area contributed by atoms with Crippen LogP contribution >= 0.6 is 0 Å². The zero-order valence-corrected chi connectivity index (χ0v) is 13.0. The highest BCUT2D eigenvalue weighted by atomic mass is 32.4. The van der Waals surface area contributed by atoms with Gasteiger partial charge in [-0.15, -0.1) is 0 Å². The standard InChI is InChI=1S/C13H22O2SSi/c1-5-17(6-2,7-3)16(14,15)13-10-8-12(4)9-11-13/h8-11H,5-7H2,1-4H3. The molecule has 0 unspecified atom stereocenters. The lowest BCUT2D eigenvalue weighted by molar-refractivity contribution is 0.606. The molecule has 1 aromatic rings. The monoisotopic (exact) mass is 270 g/mol. The SMILES string of the molecule is CC[Si](CC)(CC)S(=O)(=O)c1ccc(C)cc1. The first-order chi connectivity index (χ1) is 7.93. The minimum atomic E-state index is -3.09. The summed E-state index contributed by atoms with van der Waals surface area (Å²) < 4.78 is 25.4.